The Bertz CT molecular complexity index is 332. The van der Waals surface area contributed by atoms with E-state index in [0.717, 1.165) is 6.42 Å². The first-order valence-electron chi connectivity index (χ1n) is 7.62. The Balaban J connectivity index is 0.000000406. The SMILES string of the molecule is CCC(O)CC(O)CC(=O)OC.CCC1CC(O)CC(=O)O1. The van der Waals surface area contributed by atoms with Gasteiger partial charge >= 0.3 is 11.9 Å². The first-order valence-corrected chi connectivity index (χ1v) is 7.62. The standard InChI is InChI=1S/C8H16O4.C7H12O3/c1-3-6(9)4-7(10)5-8(11)12-2;1-2-6-3-5(8)4-7(9)10-6/h6-7,9-10H,3-5H2,1-2H3;5-6,8H,2-4H2,1H3. The van der Waals surface area contributed by atoms with Crippen LogP contribution in [0.5, 0.6) is 0 Å². The number of ether oxygens (including phenoxy) is 2. The maximum absolute atomic E-state index is 10.7. The maximum Gasteiger partial charge on any atom is 0.308 e. The molecule has 3 N–H and O–H groups in total. The average molecular weight is 320 g/mol. The number of hydrogen-bond donors (Lipinski definition) is 3. The molecule has 0 aromatic heterocycles. The zero-order valence-corrected chi connectivity index (χ0v) is 13.5. The lowest BCUT2D eigenvalue weighted by Gasteiger charge is -2.24. The fourth-order valence-corrected chi connectivity index (χ4v) is 1.95. The Labute approximate surface area is 131 Å². The summed E-state index contributed by atoms with van der Waals surface area (Å²) in [5, 5.41) is 27.4. The molecule has 0 aromatic carbocycles. The van der Waals surface area contributed by atoms with E-state index in [-0.39, 0.29) is 31.3 Å². The molecule has 0 bridgehead atoms. The van der Waals surface area contributed by atoms with Crippen molar-refractivity contribution < 1.29 is 34.4 Å². The van der Waals surface area contributed by atoms with Crippen molar-refractivity contribution in [1.82, 2.24) is 0 Å². The van der Waals surface area contributed by atoms with Crippen LogP contribution in [0.15, 0.2) is 0 Å². The number of aliphatic hydroxyl groups is 3. The second kappa shape index (κ2) is 11.4. The number of hydrogen-bond acceptors (Lipinski definition) is 7. The molecule has 22 heavy (non-hydrogen) atoms. The topological polar surface area (TPSA) is 113 Å². The molecule has 1 heterocycles. The van der Waals surface area contributed by atoms with E-state index in [9.17, 15) is 14.7 Å². The molecule has 1 aliphatic heterocycles. The van der Waals surface area contributed by atoms with E-state index in [2.05, 4.69) is 4.74 Å². The van der Waals surface area contributed by atoms with E-state index in [1.807, 2.05) is 13.8 Å². The monoisotopic (exact) mass is 320 g/mol. The molecule has 0 aromatic rings. The van der Waals surface area contributed by atoms with Crippen molar-refractivity contribution in [2.75, 3.05) is 7.11 Å². The molecular weight excluding hydrogens is 292 g/mol. The highest BCUT2D eigenvalue weighted by Crippen LogP contribution is 2.16. The first-order chi connectivity index (χ1) is 10.3. The molecule has 1 aliphatic rings. The molecule has 0 radical (unpaired) electrons. The summed E-state index contributed by atoms with van der Waals surface area (Å²) in [7, 11) is 1.27. The van der Waals surface area contributed by atoms with Gasteiger partial charge < -0.3 is 24.8 Å². The van der Waals surface area contributed by atoms with Crippen molar-refractivity contribution in [3.8, 4) is 0 Å². The summed E-state index contributed by atoms with van der Waals surface area (Å²) in [5.41, 5.74) is 0. The van der Waals surface area contributed by atoms with E-state index in [0.29, 0.717) is 12.8 Å². The van der Waals surface area contributed by atoms with Gasteiger partial charge in [-0.2, -0.15) is 0 Å². The van der Waals surface area contributed by atoms with E-state index in [1.165, 1.54) is 7.11 Å². The lowest BCUT2D eigenvalue weighted by molar-refractivity contribution is -0.160. The summed E-state index contributed by atoms with van der Waals surface area (Å²) < 4.78 is 9.26. The molecule has 0 aliphatic carbocycles. The molecule has 4 unspecified atom stereocenters. The van der Waals surface area contributed by atoms with Gasteiger partial charge in [-0.25, -0.2) is 0 Å². The van der Waals surface area contributed by atoms with Crippen LogP contribution >= 0.6 is 0 Å². The third kappa shape index (κ3) is 9.70. The summed E-state index contributed by atoms with van der Waals surface area (Å²) in [6.07, 6.45) is 0.443. The summed E-state index contributed by atoms with van der Waals surface area (Å²) >= 11 is 0. The summed E-state index contributed by atoms with van der Waals surface area (Å²) in [5.74, 6) is -0.726. The largest absolute Gasteiger partial charge is 0.469 e. The number of cyclic esters (lactones) is 1. The van der Waals surface area contributed by atoms with Gasteiger partial charge in [-0.15, -0.1) is 0 Å². The van der Waals surface area contributed by atoms with E-state index in [1.54, 1.807) is 0 Å². The van der Waals surface area contributed by atoms with Crippen LogP contribution in [0.3, 0.4) is 0 Å². The number of methoxy groups -OCH3 is 1. The minimum absolute atomic E-state index is 0.0481. The van der Waals surface area contributed by atoms with Crippen LogP contribution in [-0.2, 0) is 19.1 Å². The predicted molar refractivity (Wildman–Crippen MR) is 79.0 cm³/mol. The molecule has 130 valence electrons. The molecule has 1 rings (SSSR count). The van der Waals surface area contributed by atoms with Gasteiger partial charge in [0.25, 0.3) is 0 Å². The molecule has 7 nitrogen and oxygen atoms in total. The van der Waals surface area contributed by atoms with Crippen LogP contribution < -0.4 is 0 Å². The Morgan fingerprint density at radius 2 is 2.00 bits per heavy atom. The van der Waals surface area contributed by atoms with Crippen LogP contribution in [0.1, 0.15) is 52.4 Å². The summed E-state index contributed by atoms with van der Waals surface area (Å²) in [6, 6.07) is 0. The molecule has 0 amide bonds. The van der Waals surface area contributed by atoms with Gasteiger partial charge in [-0.05, 0) is 19.3 Å². The van der Waals surface area contributed by atoms with Crippen molar-refractivity contribution in [1.29, 1.82) is 0 Å². The van der Waals surface area contributed by atoms with E-state index < -0.39 is 24.3 Å². The lowest BCUT2D eigenvalue weighted by atomic mass is 10.0. The number of esters is 2. The Kier molecular flexibility index (Phi) is 10.8. The molecular formula is C15H28O7. The first kappa shape index (κ1) is 20.8. The van der Waals surface area contributed by atoms with Crippen molar-refractivity contribution in [2.24, 2.45) is 0 Å². The lowest BCUT2D eigenvalue weighted by Crippen LogP contribution is -2.31. The van der Waals surface area contributed by atoms with E-state index >= 15 is 0 Å². The van der Waals surface area contributed by atoms with Crippen molar-refractivity contribution in [3.05, 3.63) is 0 Å². The van der Waals surface area contributed by atoms with Crippen molar-refractivity contribution in [3.63, 3.8) is 0 Å². The van der Waals surface area contributed by atoms with Gasteiger partial charge in [-0.1, -0.05) is 13.8 Å². The Morgan fingerprint density at radius 3 is 2.45 bits per heavy atom. The number of aliphatic hydroxyl groups excluding tert-OH is 3. The normalized spacial score (nSPS) is 23.6. The zero-order valence-electron chi connectivity index (χ0n) is 13.5. The maximum atomic E-state index is 10.7. The van der Waals surface area contributed by atoms with Crippen LogP contribution in [0, 0.1) is 0 Å². The highest BCUT2D eigenvalue weighted by atomic mass is 16.5. The molecule has 0 saturated carbocycles. The van der Waals surface area contributed by atoms with Gasteiger partial charge in [0.1, 0.15) is 6.10 Å². The third-order valence-corrected chi connectivity index (χ3v) is 3.34. The number of rotatable bonds is 6. The van der Waals surface area contributed by atoms with Gasteiger partial charge in [0.05, 0.1) is 38.3 Å². The molecule has 4 atom stereocenters. The fraction of sp³-hybridized carbons (Fsp3) is 0.867. The zero-order chi connectivity index (χ0) is 17.1. The number of carbonyl (C=O) groups is 2. The average Bonchev–Trinajstić information content (AvgIpc) is 2.46. The Hall–Kier alpha value is -1.18. The van der Waals surface area contributed by atoms with Crippen molar-refractivity contribution in [2.45, 2.75) is 76.8 Å². The highest BCUT2D eigenvalue weighted by molar-refractivity contribution is 5.71. The molecule has 1 saturated heterocycles. The smallest absolute Gasteiger partial charge is 0.308 e. The minimum atomic E-state index is -0.799. The molecule has 7 heteroatoms. The fourth-order valence-electron chi connectivity index (χ4n) is 1.95. The summed E-state index contributed by atoms with van der Waals surface area (Å²) in [6.45, 7) is 3.76. The highest BCUT2D eigenvalue weighted by Gasteiger charge is 2.25. The predicted octanol–water partition coefficient (Wildman–Crippen LogP) is 0.534. The van der Waals surface area contributed by atoms with E-state index in [4.69, 9.17) is 14.9 Å². The van der Waals surface area contributed by atoms with Gasteiger partial charge in [0.2, 0.25) is 0 Å². The second-order valence-electron chi connectivity index (χ2n) is 5.35. The second-order valence-corrected chi connectivity index (χ2v) is 5.35. The summed E-state index contributed by atoms with van der Waals surface area (Å²) in [4.78, 5) is 21.3. The Morgan fingerprint density at radius 1 is 1.36 bits per heavy atom. The molecule has 0 spiro atoms. The van der Waals surface area contributed by atoms with Crippen LogP contribution in [0.2, 0.25) is 0 Å². The van der Waals surface area contributed by atoms with Crippen molar-refractivity contribution >= 4 is 11.9 Å². The minimum Gasteiger partial charge on any atom is -0.469 e. The van der Waals surface area contributed by atoms with Gasteiger partial charge in [0.15, 0.2) is 0 Å². The van der Waals surface area contributed by atoms with Crippen LogP contribution in [0.4, 0.5) is 0 Å². The van der Waals surface area contributed by atoms with Gasteiger partial charge in [-0.3, -0.25) is 9.59 Å². The quantitative estimate of drug-likeness (QED) is 0.612. The van der Waals surface area contributed by atoms with Crippen LogP contribution in [0.25, 0.3) is 0 Å². The third-order valence-electron chi connectivity index (χ3n) is 3.34. The number of carbonyl (C=O) groups excluding carboxylic acids is 2. The van der Waals surface area contributed by atoms with Crippen LogP contribution in [-0.4, -0.2) is 58.8 Å². The molecule has 1 fully saturated rings. The van der Waals surface area contributed by atoms with Gasteiger partial charge in [0, 0.05) is 6.42 Å².